The standard InChI is InChI=1S/C45H83O13P/c1-3-5-7-9-11-13-15-17-18-19-20-22-24-26-28-30-32-34-39(47)57-37(36-56-59(53,54)58-45-43(51)41(49)40(48)42(50)44(45)52)35-55-38(46)33-31-29-27-25-23-21-16-14-12-10-8-6-4-2/h11,13,17-18,37,40-45,48-52H,3-10,12,14-16,19-36H2,1-2H3,(H,53,54)/t37-,40?,41-,42?,43?,44?,45?/m1/s1. The fourth-order valence-corrected chi connectivity index (χ4v) is 8.00. The molecule has 0 bridgehead atoms. The van der Waals surface area contributed by atoms with Crippen LogP contribution in [0.2, 0.25) is 0 Å². The summed E-state index contributed by atoms with van der Waals surface area (Å²) in [6.07, 6.45) is 25.1. The van der Waals surface area contributed by atoms with Crippen LogP contribution in [0.3, 0.4) is 0 Å². The Morgan fingerprint density at radius 3 is 1.41 bits per heavy atom. The van der Waals surface area contributed by atoms with Gasteiger partial charge in [-0.1, -0.05) is 160 Å². The lowest BCUT2D eigenvalue weighted by Crippen LogP contribution is -2.64. The number of ether oxygens (including phenoxy) is 2. The lowest BCUT2D eigenvalue weighted by Gasteiger charge is -2.41. The third kappa shape index (κ3) is 28.5. The van der Waals surface area contributed by atoms with E-state index in [-0.39, 0.29) is 12.8 Å². The van der Waals surface area contributed by atoms with Crippen LogP contribution in [0.25, 0.3) is 0 Å². The molecule has 0 radical (unpaired) electrons. The van der Waals surface area contributed by atoms with Crippen molar-refractivity contribution in [2.75, 3.05) is 13.2 Å². The number of unbranched alkanes of at least 4 members (excludes halogenated alkanes) is 22. The van der Waals surface area contributed by atoms with Gasteiger partial charge >= 0.3 is 19.8 Å². The van der Waals surface area contributed by atoms with Crippen LogP contribution in [0.5, 0.6) is 0 Å². The molecule has 8 atom stereocenters. The number of carbonyl (C=O) groups excluding carboxylic acids is 2. The summed E-state index contributed by atoms with van der Waals surface area (Å²) < 4.78 is 33.5. The minimum Gasteiger partial charge on any atom is -0.462 e. The quantitative estimate of drug-likeness (QED) is 0.0149. The predicted molar refractivity (Wildman–Crippen MR) is 230 cm³/mol. The summed E-state index contributed by atoms with van der Waals surface area (Å²) in [7, 11) is -5.11. The summed E-state index contributed by atoms with van der Waals surface area (Å²) >= 11 is 0. The zero-order chi connectivity index (χ0) is 43.6. The number of hydrogen-bond donors (Lipinski definition) is 6. The van der Waals surface area contributed by atoms with E-state index < -0.39 is 75.7 Å². The first-order valence-electron chi connectivity index (χ1n) is 23.1. The fraction of sp³-hybridized carbons (Fsp3) is 0.867. The molecular formula is C45H83O13P. The number of carbonyl (C=O) groups is 2. The highest BCUT2D eigenvalue weighted by Crippen LogP contribution is 2.47. The maximum absolute atomic E-state index is 12.8. The van der Waals surface area contributed by atoms with Crippen LogP contribution in [0.4, 0.5) is 0 Å². The molecule has 0 spiro atoms. The van der Waals surface area contributed by atoms with Crippen LogP contribution in [-0.2, 0) is 32.7 Å². The van der Waals surface area contributed by atoms with Crippen LogP contribution in [-0.4, -0.2) is 98.3 Å². The molecular weight excluding hydrogens is 779 g/mol. The Labute approximate surface area is 356 Å². The highest BCUT2D eigenvalue weighted by atomic mass is 31.2. The molecule has 59 heavy (non-hydrogen) atoms. The van der Waals surface area contributed by atoms with Crippen molar-refractivity contribution in [1.29, 1.82) is 0 Å². The van der Waals surface area contributed by atoms with Gasteiger partial charge in [-0.25, -0.2) is 4.57 Å². The Balaban J connectivity index is 2.46. The second-order valence-electron chi connectivity index (χ2n) is 16.3. The second kappa shape index (κ2) is 35.9. The van der Waals surface area contributed by atoms with Gasteiger partial charge < -0.3 is 39.9 Å². The average Bonchev–Trinajstić information content (AvgIpc) is 3.21. The molecule has 6 unspecified atom stereocenters. The largest absolute Gasteiger partial charge is 0.472 e. The Bertz CT molecular complexity index is 1130. The van der Waals surface area contributed by atoms with Crippen LogP contribution >= 0.6 is 7.82 Å². The molecule has 0 aromatic carbocycles. The minimum atomic E-state index is -5.11. The highest BCUT2D eigenvalue weighted by Gasteiger charge is 2.51. The van der Waals surface area contributed by atoms with Gasteiger partial charge in [-0.3, -0.25) is 18.6 Å². The second-order valence-corrected chi connectivity index (χ2v) is 17.7. The molecule has 0 saturated heterocycles. The number of aliphatic hydroxyl groups is 5. The third-order valence-electron chi connectivity index (χ3n) is 10.8. The Morgan fingerprint density at radius 1 is 0.525 bits per heavy atom. The number of hydrogen-bond acceptors (Lipinski definition) is 12. The van der Waals surface area contributed by atoms with Gasteiger partial charge in [0.05, 0.1) is 6.61 Å². The molecule has 1 fully saturated rings. The number of phosphoric acid groups is 1. The van der Waals surface area contributed by atoms with Crippen LogP contribution in [0.15, 0.2) is 24.3 Å². The van der Waals surface area contributed by atoms with Crippen LogP contribution in [0, 0.1) is 0 Å². The highest BCUT2D eigenvalue weighted by molar-refractivity contribution is 7.47. The summed E-state index contributed by atoms with van der Waals surface area (Å²) in [4.78, 5) is 35.7. The average molecular weight is 863 g/mol. The molecule has 1 aliphatic rings. The normalized spacial score (nSPS) is 22.5. The lowest BCUT2D eigenvalue weighted by atomic mass is 9.85. The SMILES string of the molecule is CCCCCC=CCC=CCCCCCCCCCC(=O)O[C@H](COC(=O)CCCCCCCCCCCCCCC)COP(=O)(O)OC1C(O)C(O)C(O)[C@@H](O)C1O. The Hall–Kier alpha value is -1.67. The maximum atomic E-state index is 12.8. The Kier molecular flexibility index (Phi) is 33.7. The molecule has 1 saturated carbocycles. The minimum absolute atomic E-state index is 0.0904. The monoisotopic (exact) mass is 863 g/mol. The number of esters is 2. The van der Waals surface area contributed by atoms with Crippen LogP contribution in [0.1, 0.15) is 194 Å². The third-order valence-corrected chi connectivity index (χ3v) is 11.8. The first-order valence-corrected chi connectivity index (χ1v) is 24.6. The fourth-order valence-electron chi connectivity index (χ4n) is 7.02. The maximum Gasteiger partial charge on any atom is 0.472 e. The first kappa shape index (κ1) is 55.3. The van der Waals surface area contributed by atoms with Gasteiger partial charge in [0.1, 0.15) is 43.2 Å². The van der Waals surface area contributed by atoms with Crippen molar-refractivity contribution >= 4 is 19.8 Å². The van der Waals surface area contributed by atoms with Crippen molar-refractivity contribution in [1.82, 2.24) is 0 Å². The van der Waals surface area contributed by atoms with E-state index in [9.17, 15) is 44.6 Å². The summed E-state index contributed by atoms with van der Waals surface area (Å²) in [5.41, 5.74) is 0. The van der Waals surface area contributed by atoms with Crippen molar-refractivity contribution in [3.8, 4) is 0 Å². The number of allylic oxidation sites excluding steroid dienone is 4. The molecule has 6 N–H and O–H groups in total. The molecule has 14 heteroatoms. The van der Waals surface area contributed by atoms with Crippen molar-refractivity contribution in [2.24, 2.45) is 0 Å². The molecule has 0 aromatic rings. The zero-order valence-electron chi connectivity index (χ0n) is 36.6. The summed E-state index contributed by atoms with van der Waals surface area (Å²) in [6.45, 7) is 3.27. The van der Waals surface area contributed by atoms with E-state index in [2.05, 4.69) is 38.2 Å². The van der Waals surface area contributed by atoms with Crippen molar-refractivity contribution in [3.63, 3.8) is 0 Å². The van der Waals surface area contributed by atoms with E-state index in [1.165, 1.54) is 77.0 Å². The molecule has 1 aliphatic carbocycles. The van der Waals surface area contributed by atoms with Crippen molar-refractivity contribution in [2.45, 2.75) is 236 Å². The van der Waals surface area contributed by atoms with Gasteiger partial charge in [0.15, 0.2) is 6.10 Å². The van der Waals surface area contributed by atoms with Crippen LogP contribution < -0.4 is 0 Å². The molecule has 13 nitrogen and oxygen atoms in total. The van der Waals surface area contributed by atoms with E-state index in [4.69, 9.17) is 18.5 Å². The summed E-state index contributed by atoms with van der Waals surface area (Å²) in [5.74, 6) is -1.10. The number of aliphatic hydroxyl groups excluding tert-OH is 5. The van der Waals surface area contributed by atoms with Gasteiger partial charge in [0, 0.05) is 12.8 Å². The molecule has 0 amide bonds. The molecule has 0 aromatic heterocycles. The smallest absolute Gasteiger partial charge is 0.462 e. The lowest BCUT2D eigenvalue weighted by molar-refractivity contribution is -0.220. The van der Waals surface area contributed by atoms with Gasteiger partial charge in [0.25, 0.3) is 0 Å². The van der Waals surface area contributed by atoms with Crippen molar-refractivity contribution < 1.29 is 63.1 Å². The van der Waals surface area contributed by atoms with Gasteiger partial charge in [0.2, 0.25) is 0 Å². The van der Waals surface area contributed by atoms with E-state index in [0.29, 0.717) is 12.8 Å². The van der Waals surface area contributed by atoms with Gasteiger partial charge in [-0.05, 0) is 44.9 Å². The topological polar surface area (TPSA) is 210 Å². The first-order chi connectivity index (χ1) is 28.4. The Morgan fingerprint density at radius 2 is 0.915 bits per heavy atom. The van der Waals surface area contributed by atoms with E-state index >= 15 is 0 Å². The van der Waals surface area contributed by atoms with E-state index in [1.807, 2.05) is 0 Å². The molecule has 1 rings (SSSR count). The number of phosphoric ester groups is 1. The predicted octanol–water partition coefficient (Wildman–Crippen LogP) is 8.84. The zero-order valence-corrected chi connectivity index (χ0v) is 37.4. The summed E-state index contributed by atoms with van der Waals surface area (Å²) in [6, 6.07) is 0. The molecule has 0 aliphatic heterocycles. The van der Waals surface area contributed by atoms with Gasteiger partial charge in [-0.2, -0.15) is 0 Å². The van der Waals surface area contributed by atoms with E-state index in [1.54, 1.807) is 0 Å². The number of rotatable bonds is 38. The van der Waals surface area contributed by atoms with E-state index in [0.717, 1.165) is 77.0 Å². The van der Waals surface area contributed by atoms with Gasteiger partial charge in [-0.15, -0.1) is 0 Å². The van der Waals surface area contributed by atoms with Crippen molar-refractivity contribution in [3.05, 3.63) is 24.3 Å². The summed E-state index contributed by atoms with van der Waals surface area (Å²) in [5, 5.41) is 50.1. The molecule has 346 valence electrons. The molecule has 0 heterocycles.